The summed E-state index contributed by atoms with van der Waals surface area (Å²) in [6.07, 6.45) is 0. The van der Waals surface area contributed by atoms with Gasteiger partial charge >= 0.3 is 5.97 Å². The van der Waals surface area contributed by atoms with Crippen LogP contribution in [0, 0.1) is 0 Å². The van der Waals surface area contributed by atoms with E-state index in [-0.39, 0.29) is 62.7 Å². The molecule has 3 nitrogen and oxygen atoms in total. The molecule has 0 unspecified atom stereocenters. The Hall–Kier alpha value is 0.126. The van der Waals surface area contributed by atoms with Gasteiger partial charge < -0.3 is 10.2 Å². The minimum atomic E-state index is -1.03. The molecule has 1 rings (SSSR count). The Bertz CT molecular complexity index is 260. The number of phenolic OH excluding ortho intramolecular Hbond substituents is 1. The second kappa shape index (κ2) is 4.90. The first-order valence-corrected chi connectivity index (χ1v) is 2.72. The molecule has 53 valence electrons. The number of aromatic carboxylic acids is 1. The first-order chi connectivity index (χ1) is 4.70. The molecule has 0 saturated heterocycles. The van der Waals surface area contributed by atoms with Gasteiger partial charge in [-0.05, 0) is 18.2 Å². The molecule has 0 aliphatic carbocycles. The van der Waals surface area contributed by atoms with Gasteiger partial charge in [0, 0.05) is 51.4 Å². The van der Waals surface area contributed by atoms with Gasteiger partial charge in [-0.3, -0.25) is 0 Å². The van der Waals surface area contributed by atoms with Crippen molar-refractivity contribution in [3.8, 4) is 5.75 Å². The van der Waals surface area contributed by atoms with Crippen molar-refractivity contribution >= 4 is 57.4 Å². The molecule has 2 N–H and O–H groups in total. The third-order valence-corrected chi connectivity index (χ3v) is 1.09. The molecule has 0 bridgehead atoms. The predicted octanol–water partition coefficient (Wildman–Crippen LogP) is 0.710. The molecule has 1 radical (unpaired) electrons. The fourth-order valence-electron chi connectivity index (χ4n) is 0.639. The second-order valence-electron chi connectivity index (χ2n) is 1.86. The molecule has 1 aromatic rings. The third kappa shape index (κ3) is 3.35. The van der Waals surface area contributed by atoms with E-state index in [9.17, 15) is 4.79 Å². The van der Waals surface area contributed by atoms with Gasteiger partial charge in [0.05, 0.1) is 5.56 Å². The zero-order valence-electron chi connectivity index (χ0n) is 6.11. The summed E-state index contributed by atoms with van der Waals surface area (Å²) >= 11 is 0. The Morgan fingerprint density at radius 3 is 2.36 bits per heavy atom. The molecular weight excluding hydrogens is 171 g/mol. The molecule has 0 atom stereocenters. The Kier molecular flexibility index (Phi) is 4.95. The number of hydrogen-bond acceptors (Lipinski definition) is 2. The molecule has 0 heterocycles. The van der Waals surface area contributed by atoms with E-state index in [0.717, 1.165) is 0 Å². The number of phenols is 1. The molecule has 4 heteroatoms. The smallest absolute Gasteiger partial charge is 0.335 e. The maximum atomic E-state index is 10.2. The Morgan fingerprint density at radius 1 is 1.36 bits per heavy atom. The van der Waals surface area contributed by atoms with E-state index in [2.05, 4.69) is 0 Å². The summed E-state index contributed by atoms with van der Waals surface area (Å²) in [6, 6.07) is 5.52. The Labute approximate surface area is 106 Å². The van der Waals surface area contributed by atoms with Gasteiger partial charge in [0.2, 0.25) is 0 Å². The van der Waals surface area contributed by atoms with Crippen LogP contribution in [0.5, 0.6) is 5.75 Å². The standard InChI is InChI=1S/C7H6O3.K/c8-6-3-1-2-5(4-6)7(9)10;/h1-4,8H,(H,9,10);. The van der Waals surface area contributed by atoms with Crippen molar-refractivity contribution in [3.05, 3.63) is 29.8 Å². The van der Waals surface area contributed by atoms with Crippen molar-refractivity contribution in [1.82, 2.24) is 0 Å². The van der Waals surface area contributed by atoms with E-state index >= 15 is 0 Å². The average Bonchev–Trinajstić information content (AvgIpc) is 1.88. The van der Waals surface area contributed by atoms with Gasteiger partial charge in [0.15, 0.2) is 0 Å². The van der Waals surface area contributed by atoms with E-state index in [4.69, 9.17) is 10.2 Å². The molecule has 0 fully saturated rings. The summed E-state index contributed by atoms with van der Waals surface area (Å²) in [7, 11) is 0. The molecular formula is C7H6KO3. The van der Waals surface area contributed by atoms with Crippen LogP contribution in [0.15, 0.2) is 24.3 Å². The number of hydrogen-bond donors (Lipinski definition) is 2. The summed E-state index contributed by atoms with van der Waals surface area (Å²) in [6.45, 7) is 0. The van der Waals surface area contributed by atoms with E-state index in [0.29, 0.717) is 0 Å². The van der Waals surface area contributed by atoms with Crippen LogP contribution in [0.3, 0.4) is 0 Å². The van der Waals surface area contributed by atoms with Crippen LogP contribution in [0.2, 0.25) is 0 Å². The number of carboxylic acid groups (broad SMARTS) is 1. The first-order valence-electron chi connectivity index (χ1n) is 2.72. The average molecular weight is 177 g/mol. The molecule has 0 aliphatic rings. The van der Waals surface area contributed by atoms with Gasteiger partial charge in [-0.1, -0.05) is 6.07 Å². The van der Waals surface area contributed by atoms with E-state index in [1.165, 1.54) is 24.3 Å². The van der Waals surface area contributed by atoms with Crippen LogP contribution in [0.25, 0.3) is 0 Å². The topological polar surface area (TPSA) is 57.5 Å². The zero-order valence-corrected chi connectivity index (χ0v) is 9.24. The number of carbonyl (C=O) groups is 1. The van der Waals surface area contributed by atoms with E-state index < -0.39 is 5.97 Å². The minimum absolute atomic E-state index is 0. The summed E-state index contributed by atoms with van der Waals surface area (Å²) in [4.78, 5) is 10.2. The number of rotatable bonds is 1. The largest absolute Gasteiger partial charge is 0.508 e. The summed E-state index contributed by atoms with van der Waals surface area (Å²) < 4.78 is 0. The van der Waals surface area contributed by atoms with Gasteiger partial charge in [-0.25, -0.2) is 4.79 Å². The maximum absolute atomic E-state index is 10.2. The Morgan fingerprint density at radius 2 is 2.00 bits per heavy atom. The van der Waals surface area contributed by atoms with Gasteiger partial charge in [0.1, 0.15) is 5.75 Å². The minimum Gasteiger partial charge on any atom is -0.508 e. The quantitative estimate of drug-likeness (QED) is 0.621. The second-order valence-corrected chi connectivity index (χ2v) is 1.86. The molecule has 0 spiro atoms. The molecule has 0 aromatic heterocycles. The van der Waals surface area contributed by atoms with Crippen LogP contribution in [0.1, 0.15) is 10.4 Å². The molecule has 0 amide bonds. The van der Waals surface area contributed by atoms with Crippen molar-refractivity contribution in [2.75, 3.05) is 0 Å². The number of aromatic hydroxyl groups is 1. The molecule has 0 aliphatic heterocycles. The van der Waals surface area contributed by atoms with Crippen molar-refractivity contribution < 1.29 is 15.0 Å². The molecule has 1 aromatic carbocycles. The number of benzene rings is 1. The van der Waals surface area contributed by atoms with Crippen molar-refractivity contribution in [2.45, 2.75) is 0 Å². The molecule has 0 saturated carbocycles. The zero-order chi connectivity index (χ0) is 7.56. The Balaban J connectivity index is 0.000001000. The monoisotopic (exact) mass is 177 g/mol. The van der Waals surface area contributed by atoms with Crippen molar-refractivity contribution in [3.63, 3.8) is 0 Å². The van der Waals surface area contributed by atoms with Gasteiger partial charge in [-0.2, -0.15) is 0 Å². The van der Waals surface area contributed by atoms with Crippen LogP contribution in [-0.4, -0.2) is 67.6 Å². The van der Waals surface area contributed by atoms with Crippen LogP contribution in [0.4, 0.5) is 0 Å². The summed E-state index contributed by atoms with van der Waals surface area (Å²) in [5, 5.41) is 17.2. The van der Waals surface area contributed by atoms with Crippen LogP contribution in [-0.2, 0) is 0 Å². The summed E-state index contributed by atoms with van der Waals surface area (Å²) in [5.74, 6) is -1.06. The first kappa shape index (κ1) is 11.1. The SMILES string of the molecule is O=C(O)c1cccc(O)c1.[K]. The maximum Gasteiger partial charge on any atom is 0.335 e. The van der Waals surface area contributed by atoms with Gasteiger partial charge in [-0.15, -0.1) is 0 Å². The molecule has 11 heavy (non-hydrogen) atoms. The number of carboxylic acids is 1. The fourth-order valence-corrected chi connectivity index (χ4v) is 0.639. The summed E-state index contributed by atoms with van der Waals surface area (Å²) in [5.41, 5.74) is 0.0972. The van der Waals surface area contributed by atoms with E-state index in [1.807, 2.05) is 0 Å². The fraction of sp³-hybridized carbons (Fsp3) is 0. The van der Waals surface area contributed by atoms with Crippen LogP contribution < -0.4 is 0 Å². The van der Waals surface area contributed by atoms with Gasteiger partial charge in [0.25, 0.3) is 0 Å². The third-order valence-electron chi connectivity index (χ3n) is 1.09. The van der Waals surface area contributed by atoms with Crippen LogP contribution >= 0.6 is 0 Å². The predicted molar refractivity (Wildman–Crippen MR) is 40.8 cm³/mol. The van der Waals surface area contributed by atoms with E-state index in [1.54, 1.807) is 0 Å². The normalized spacial score (nSPS) is 8.36. The van der Waals surface area contributed by atoms with Crippen molar-refractivity contribution in [1.29, 1.82) is 0 Å². The van der Waals surface area contributed by atoms with Crippen molar-refractivity contribution in [2.24, 2.45) is 0 Å².